The molecule has 1 aliphatic rings. The smallest absolute Gasteiger partial charge is 0.0689 e. The van der Waals surface area contributed by atoms with E-state index in [0.29, 0.717) is 0 Å². The van der Waals surface area contributed by atoms with E-state index in [4.69, 9.17) is 0 Å². The second kappa shape index (κ2) is 8.06. The first-order valence-corrected chi connectivity index (χ1v) is 11.3. The van der Waals surface area contributed by atoms with Crippen LogP contribution in [0.1, 0.15) is 64.8 Å². The lowest BCUT2D eigenvalue weighted by Crippen LogP contribution is -2.31. The minimum atomic E-state index is -1.63. The van der Waals surface area contributed by atoms with E-state index in [1.165, 1.54) is 11.1 Å². The summed E-state index contributed by atoms with van der Waals surface area (Å²) in [7, 11) is -1.63. The van der Waals surface area contributed by atoms with Crippen molar-refractivity contribution in [3.8, 4) is 0 Å². The Hall–Kier alpha value is -1.54. The lowest BCUT2D eigenvalue weighted by molar-refractivity contribution is 0.199. The van der Waals surface area contributed by atoms with Gasteiger partial charge >= 0.3 is 8.10 Å². The lowest BCUT2D eigenvalue weighted by Gasteiger charge is -2.28. The molecule has 1 fully saturated rings. The molecule has 1 heterocycles. The molecule has 1 saturated heterocycles. The molecule has 0 amide bonds. The first-order valence-electron chi connectivity index (χ1n) is 10.2. The number of nitrogens with zero attached hydrogens (tertiary/aromatic N) is 2. The van der Waals surface area contributed by atoms with Crippen LogP contribution < -0.4 is 0 Å². The van der Waals surface area contributed by atoms with E-state index < -0.39 is 8.10 Å². The summed E-state index contributed by atoms with van der Waals surface area (Å²) in [6.07, 6.45) is 0. The molecule has 0 unspecified atom stereocenters. The van der Waals surface area contributed by atoms with Gasteiger partial charge in [-0.15, -0.1) is 0 Å². The number of hydrogen-bond acceptors (Lipinski definition) is 1. The maximum absolute atomic E-state index is 13.8. The Morgan fingerprint density at radius 2 is 1.00 bits per heavy atom. The molecule has 1 aliphatic heterocycles. The highest BCUT2D eigenvalue weighted by Crippen LogP contribution is 2.59. The van der Waals surface area contributed by atoms with Crippen LogP contribution in [0.4, 0.5) is 0 Å². The van der Waals surface area contributed by atoms with Gasteiger partial charge in [-0.1, -0.05) is 112 Å². The van der Waals surface area contributed by atoms with Crippen molar-refractivity contribution in [2.45, 2.75) is 53.6 Å². The molecule has 0 bridgehead atoms. The minimum absolute atomic E-state index is 0.0665. The van der Waals surface area contributed by atoms with E-state index in [1.807, 2.05) is 0 Å². The fourth-order valence-corrected chi connectivity index (χ4v) is 6.32. The van der Waals surface area contributed by atoms with E-state index in [-0.39, 0.29) is 22.9 Å². The molecule has 2 aromatic carbocycles. The molecule has 0 spiro atoms. The number of rotatable bonds is 4. The Kier molecular flexibility index (Phi) is 6.10. The molecule has 3 rings (SSSR count). The summed E-state index contributed by atoms with van der Waals surface area (Å²) in [4.78, 5) is 0. The predicted octanol–water partition coefficient (Wildman–Crippen LogP) is 6.84. The molecule has 3 nitrogen and oxygen atoms in total. The summed E-state index contributed by atoms with van der Waals surface area (Å²) in [5, 5.41) is 0. The molecular weight excluding hydrogens is 363 g/mol. The average Bonchev–Trinajstić information content (AvgIpc) is 2.86. The van der Waals surface area contributed by atoms with Gasteiger partial charge in [0, 0.05) is 0 Å². The predicted molar refractivity (Wildman–Crippen MR) is 118 cm³/mol. The molecule has 2 aromatic rings. The average molecular weight is 398 g/mol. The summed E-state index contributed by atoms with van der Waals surface area (Å²) in [5.74, 6) is 0. The lowest BCUT2D eigenvalue weighted by atomic mass is 9.89. The molecule has 2 atom stereocenters. The summed E-state index contributed by atoms with van der Waals surface area (Å²) < 4.78 is 18.3. The summed E-state index contributed by atoms with van der Waals surface area (Å²) in [6.45, 7) is 14.9. The first kappa shape index (κ1) is 21.2. The van der Waals surface area contributed by atoms with Gasteiger partial charge in [-0.25, -0.2) is 0 Å². The minimum Gasteiger partial charge on any atom is -0.0689 e. The van der Waals surface area contributed by atoms with Crippen LogP contribution >= 0.6 is 8.10 Å². The Morgan fingerprint density at radius 3 is 1.29 bits per heavy atom. The largest absolute Gasteiger partial charge is 0.539 e. The highest BCUT2D eigenvalue weighted by atomic mass is 31.1. The topological polar surface area (TPSA) is 23.6 Å². The van der Waals surface area contributed by atoms with Crippen molar-refractivity contribution in [2.75, 3.05) is 13.1 Å². The molecule has 0 saturated carbocycles. The van der Waals surface area contributed by atoms with E-state index in [2.05, 4.69) is 112 Å². The van der Waals surface area contributed by atoms with Crippen molar-refractivity contribution in [1.82, 2.24) is 9.34 Å². The Balaban J connectivity index is 2.14. The quantitative estimate of drug-likeness (QED) is 0.528. The van der Waals surface area contributed by atoms with Crippen LogP contribution in [0.3, 0.4) is 0 Å². The van der Waals surface area contributed by atoms with Crippen molar-refractivity contribution in [3.63, 3.8) is 0 Å². The van der Waals surface area contributed by atoms with E-state index >= 15 is 0 Å². The third kappa shape index (κ3) is 4.89. The molecule has 0 radical (unpaired) electrons. The second-order valence-corrected chi connectivity index (χ2v) is 11.8. The zero-order valence-corrected chi connectivity index (χ0v) is 19.0. The van der Waals surface area contributed by atoms with Gasteiger partial charge in [0.2, 0.25) is 0 Å². The van der Waals surface area contributed by atoms with Gasteiger partial charge in [0.15, 0.2) is 0 Å². The third-order valence-electron chi connectivity index (χ3n) is 4.94. The first-order chi connectivity index (χ1) is 13.1. The molecule has 150 valence electrons. The van der Waals surface area contributed by atoms with Gasteiger partial charge in [0.05, 0.1) is 13.1 Å². The Morgan fingerprint density at radius 1 is 0.679 bits per heavy atom. The normalized spacial score (nSPS) is 22.0. The molecule has 4 heteroatoms. The van der Waals surface area contributed by atoms with Crippen molar-refractivity contribution in [1.29, 1.82) is 0 Å². The van der Waals surface area contributed by atoms with Crippen molar-refractivity contribution < 1.29 is 4.57 Å². The van der Waals surface area contributed by atoms with Gasteiger partial charge in [-0.05, 0) is 26.5 Å². The van der Waals surface area contributed by atoms with Crippen LogP contribution in [0.2, 0.25) is 0 Å². The van der Waals surface area contributed by atoms with Crippen LogP contribution in [-0.2, 0) is 4.57 Å². The molecule has 0 aliphatic carbocycles. The van der Waals surface area contributed by atoms with E-state index in [0.717, 1.165) is 13.1 Å². The maximum Gasteiger partial charge on any atom is 0.539 e. The molecule has 28 heavy (non-hydrogen) atoms. The highest BCUT2D eigenvalue weighted by molar-refractivity contribution is 7.39. The van der Waals surface area contributed by atoms with Crippen LogP contribution in [0.5, 0.6) is 0 Å². The second-order valence-electron chi connectivity index (χ2n) is 10.3. The zero-order valence-electron chi connectivity index (χ0n) is 18.1. The van der Waals surface area contributed by atoms with Gasteiger partial charge < -0.3 is 0 Å². The van der Waals surface area contributed by atoms with Crippen molar-refractivity contribution in [2.24, 2.45) is 10.8 Å². The molecule has 0 N–H and O–H groups in total. The highest BCUT2D eigenvalue weighted by Gasteiger charge is 2.59. The Labute approximate surface area is 171 Å². The van der Waals surface area contributed by atoms with Crippen molar-refractivity contribution in [3.05, 3.63) is 71.8 Å². The van der Waals surface area contributed by atoms with Gasteiger partial charge in [0.1, 0.15) is 12.1 Å². The van der Waals surface area contributed by atoms with Crippen molar-refractivity contribution >= 4 is 8.10 Å². The van der Waals surface area contributed by atoms with E-state index in [1.54, 1.807) is 0 Å². The summed E-state index contributed by atoms with van der Waals surface area (Å²) >= 11 is 0. The van der Waals surface area contributed by atoms with Crippen LogP contribution in [-0.4, -0.2) is 22.4 Å². The van der Waals surface area contributed by atoms with Crippen LogP contribution in [0.15, 0.2) is 60.7 Å². The van der Waals surface area contributed by atoms with Crippen LogP contribution in [0.25, 0.3) is 0 Å². The summed E-state index contributed by atoms with van der Waals surface area (Å²) in [6, 6.07) is 21.3. The van der Waals surface area contributed by atoms with Gasteiger partial charge in [-0.2, -0.15) is 0 Å². The van der Waals surface area contributed by atoms with Gasteiger partial charge in [0.25, 0.3) is 0 Å². The monoisotopic (exact) mass is 397 g/mol. The summed E-state index contributed by atoms with van der Waals surface area (Å²) in [5.41, 5.74) is 2.61. The third-order valence-corrected chi connectivity index (χ3v) is 6.60. The van der Waals surface area contributed by atoms with Crippen LogP contribution in [0, 0.1) is 10.8 Å². The standard InChI is InChI=1S/C24H34N2OP/c1-23(2,3)17-25-21(19-13-9-7-10-14-19)22(20-15-11-8-12-16-20)26(28(25)27)18-24(4,5)6/h7-16,21-22H,17-18H2,1-6H3/q+1/t21-,22-/m0/s1. The van der Waals surface area contributed by atoms with Gasteiger partial charge in [-0.3, -0.25) is 0 Å². The number of hydrogen-bond donors (Lipinski definition) is 0. The molecule has 0 aromatic heterocycles. The Bertz CT molecular complexity index is 725. The fraction of sp³-hybridized carbons (Fsp3) is 0.500. The van der Waals surface area contributed by atoms with E-state index in [9.17, 15) is 4.57 Å². The SMILES string of the molecule is CC(C)(C)CN1[C@@H](c2ccccc2)[C@H](c2ccccc2)N(CC(C)(C)C)[P+]1=O. The molecular formula is C24H34N2OP+. The fourth-order valence-electron chi connectivity index (χ4n) is 3.99. The maximum atomic E-state index is 13.8. The zero-order chi connectivity index (χ0) is 20.5. The number of benzene rings is 2.